The van der Waals surface area contributed by atoms with E-state index in [2.05, 4.69) is 71.9 Å². The summed E-state index contributed by atoms with van der Waals surface area (Å²) in [7, 11) is 0. The maximum absolute atomic E-state index is 9.09. The fraction of sp³-hybridized carbons (Fsp3) is 0.263. The average Bonchev–Trinajstić information content (AvgIpc) is 2.86. The molecular weight excluding hydrogens is 270 g/mol. The van der Waals surface area contributed by atoms with Crippen molar-refractivity contribution in [2.45, 2.75) is 33.2 Å². The molecule has 0 bridgehead atoms. The van der Waals surface area contributed by atoms with E-state index in [0.29, 0.717) is 6.42 Å². The van der Waals surface area contributed by atoms with Crippen molar-refractivity contribution in [1.29, 1.82) is 5.26 Å². The second kappa shape index (κ2) is 6.03. The van der Waals surface area contributed by atoms with Gasteiger partial charge in [-0.25, -0.2) is 4.98 Å². The Balaban J connectivity index is 2.12. The van der Waals surface area contributed by atoms with Crippen molar-refractivity contribution >= 4 is 11.0 Å². The van der Waals surface area contributed by atoms with Gasteiger partial charge in [0.05, 0.1) is 23.5 Å². The van der Waals surface area contributed by atoms with Gasteiger partial charge in [0.2, 0.25) is 0 Å². The van der Waals surface area contributed by atoms with Gasteiger partial charge < -0.3 is 4.57 Å². The molecule has 3 rings (SSSR count). The normalized spacial score (nSPS) is 10.8. The average molecular weight is 289 g/mol. The third-order valence-corrected chi connectivity index (χ3v) is 4.13. The van der Waals surface area contributed by atoms with Crippen molar-refractivity contribution in [3.8, 4) is 6.07 Å². The number of fused-ring (bicyclic) bond motifs is 1. The molecule has 0 spiro atoms. The molecule has 22 heavy (non-hydrogen) atoms. The van der Waals surface area contributed by atoms with E-state index >= 15 is 0 Å². The van der Waals surface area contributed by atoms with Crippen molar-refractivity contribution in [2.24, 2.45) is 0 Å². The first-order valence-corrected chi connectivity index (χ1v) is 7.62. The quantitative estimate of drug-likeness (QED) is 0.728. The summed E-state index contributed by atoms with van der Waals surface area (Å²) in [6.45, 7) is 5.01. The van der Waals surface area contributed by atoms with Crippen molar-refractivity contribution in [2.75, 3.05) is 0 Å². The van der Waals surface area contributed by atoms with E-state index in [1.165, 1.54) is 16.7 Å². The highest BCUT2D eigenvalue weighted by atomic mass is 15.1. The van der Waals surface area contributed by atoms with Crippen LogP contribution in [-0.4, -0.2) is 9.55 Å². The van der Waals surface area contributed by atoms with Gasteiger partial charge in [-0.2, -0.15) is 5.26 Å². The van der Waals surface area contributed by atoms with Crippen molar-refractivity contribution in [3.05, 3.63) is 65.0 Å². The third-order valence-electron chi connectivity index (χ3n) is 4.13. The molecule has 0 unspecified atom stereocenters. The van der Waals surface area contributed by atoms with Crippen LogP contribution < -0.4 is 0 Å². The topological polar surface area (TPSA) is 41.6 Å². The fourth-order valence-electron chi connectivity index (χ4n) is 2.79. The first-order chi connectivity index (χ1) is 10.7. The fourth-order valence-corrected chi connectivity index (χ4v) is 2.79. The van der Waals surface area contributed by atoms with Crippen molar-refractivity contribution in [3.63, 3.8) is 0 Å². The number of aromatic nitrogens is 2. The Morgan fingerprint density at radius 1 is 1.18 bits per heavy atom. The lowest BCUT2D eigenvalue weighted by Gasteiger charge is -2.10. The predicted molar refractivity (Wildman–Crippen MR) is 88.7 cm³/mol. The number of imidazole rings is 1. The molecule has 0 aliphatic heterocycles. The van der Waals surface area contributed by atoms with E-state index < -0.39 is 0 Å². The number of hydrogen-bond acceptors (Lipinski definition) is 2. The van der Waals surface area contributed by atoms with Gasteiger partial charge in [0.25, 0.3) is 0 Å². The molecular formula is C19H19N3. The second-order valence-corrected chi connectivity index (χ2v) is 5.55. The standard InChI is InChI=1S/C19H19N3/c1-3-15-8-9-18-17(12-15)21-19(10-11-20)22(18)13-16-7-5-4-6-14(16)2/h4-9,12H,3,10,13H2,1-2H3. The smallest absolute Gasteiger partial charge is 0.124 e. The summed E-state index contributed by atoms with van der Waals surface area (Å²) in [5.41, 5.74) is 5.89. The minimum Gasteiger partial charge on any atom is -0.323 e. The molecule has 3 nitrogen and oxygen atoms in total. The minimum atomic E-state index is 0.335. The molecule has 3 aromatic rings. The van der Waals surface area contributed by atoms with E-state index in [9.17, 15) is 0 Å². The van der Waals surface area contributed by atoms with Crippen molar-refractivity contribution in [1.82, 2.24) is 9.55 Å². The Bertz CT molecular complexity index is 853. The molecule has 3 heteroatoms. The minimum absolute atomic E-state index is 0.335. The van der Waals surface area contributed by atoms with Crippen LogP contribution in [0.25, 0.3) is 11.0 Å². The molecule has 110 valence electrons. The van der Waals surface area contributed by atoms with Crippen LogP contribution in [0.4, 0.5) is 0 Å². The van der Waals surface area contributed by atoms with E-state index in [0.717, 1.165) is 29.8 Å². The Hall–Kier alpha value is -2.60. The highest BCUT2D eigenvalue weighted by Gasteiger charge is 2.12. The lowest BCUT2D eigenvalue weighted by molar-refractivity contribution is 0.765. The Morgan fingerprint density at radius 3 is 2.73 bits per heavy atom. The molecule has 0 atom stereocenters. The van der Waals surface area contributed by atoms with Gasteiger partial charge in [-0.1, -0.05) is 37.3 Å². The van der Waals surface area contributed by atoms with E-state index in [1.54, 1.807) is 0 Å². The summed E-state index contributed by atoms with van der Waals surface area (Å²) in [5.74, 6) is 0.842. The number of hydrogen-bond donors (Lipinski definition) is 0. The van der Waals surface area contributed by atoms with Gasteiger partial charge >= 0.3 is 0 Å². The van der Waals surface area contributed by atoms with Crippen LogP contribution in [0.3, 0.4) is 0 Å². The van der Waals surface area contributed by atoms with E-state index in [-0.39, 0.29) is 0 Å². The first kappa shape index (κ1) is 14.3. The van der Waals surface area contributed by atoms with Crippen LogP contribution in [-0.2, 0) is 19.4 Å². The highest BCUT2D eigenvalue weighted by molar-refractivity contribution is 5.77. The molecule has 0 N–H and O–H groups in total. The van der Waals surface area contributed by atoms with Crippen LogP contribution >= 0.6 is 0 Å². The highest BCUT2D eigenvalue weighted by Crippen LogP contribution is 2.21. The molecule has 2 aromatic carbocycles. The Labute approximate surface area is 130 Å². The summed E-state index contributed by atoms with van der Waals surface area (Å²) < 4.78 is 2.17. The van der Waals surface area contributed by atoms with Crippen LogP contribution in [0.2, 0.25) is 0 Å². The molecule has 1 heterocycles. The maximum atomic E-state index is 9.09. The maximum Gasteiger partial charge on any atom is 0.124 e. The van der Waals surface area contributed by atoms with E-state index in [4.69, 9.17) is 5.26 Å². The van der Waals surface area contributed by atoms with Gasteiger partial charge in [-0.15, -0.1) is 0 Å². The molecule has 0 aliphatic carbocycles. The van der Waals surface area contributed by atoms with Crippen LogP contribution in [0.1, 0.15) is 29.4 Å². The summed E-state index contributed by atoms with van der Waals surface area (Å²) in [6, 6.07) is 17.0. The third kappa shape index (κ3) is 2.60. The van der Waals surface area contributed by atoms with Crippen LogP contribution in [0, 0.1) is 18.3 Å². The summed E-state index contributed by atoms with van der Waals surface area (Å²) in [6.07, 6.45) is 1.33. The SMILES string of the molecule is CCc1ccc2c(c1)nc(CC#N)n2Cc1ccccc1C. The van der Waals surface area contributed by atoms with Crippen molar-refractivity contribution < 1.29 is 0 Å². The first-order valence-electron chi connectivity index (χ1n) is 7.62. The van der Waals surface area contributed by atoms with Gasteiger partial charge in [-0.05, 0) is 42.2 Å². The predicted octanol–water partition coefficient (Wildman–Crippen LogP) is 4.02. The Morgan fingerprint density at radius 2 is 2.00 bits per heavy atom. The number of nitrogens with zero attached hydrogens (tertiary/aromatic N) is 3. The van der Waals surface area contributed by atoms with Gasteiger partial charge in [0.1, 0.15) is 5.82 Å². The lowest BCUT2D eigenvalue weighted by Crippen LogP contribution is -2.06. The molecule has 1 aromatic heterocycles. The second-order valence-electron chi connectivity index (χ2n) is 5.55. The molecule has 0 aliphatic rings. The number of nitriles is 1. The van der Waals surface area contributed by atoms with Crippen LogP contribution in [0.5, 0.6) is 0 Å². The molecule has 0 amide bonds. The van der Waals surface area contributed by atoms with Gasteiger partial charge in [0, 0.05) is 6.54 Å². The monoisotopic (exact) mass is 289 g/mol. The largest absolute Gasteiger partial charge is 0.323 e. The number of benzene rings is 2. The molecule has 0 radical (unpaired) electrons. The molecule has 0 saturated heterocycles. The van der Waals surface area contributed by atoms with Crippen LogP contribution in [0.15, 0.2) is 42.5 Å². The zero-order valence-corrected chi connectivity index (χ0v) is 13.0. The lowest BCUT2D eigenvalue weighted by atomic mass is 10.1. The van der Waals surface area contributed by atoms with Gasteiger partial charge in [0.15, 0.2) is 0 Å². The van der Waals surface area contributed by atoms with Gasteiger partial charge in [-0.3, -0.25) is 0 Å². The zero-order chi connectivity index (χ0) is 15.5. The molecule has 0 fully saturated rings. The number of aryl methyl sites for hydroxylation is 2. The van der Waals surface area contributed by atoms with E-state index in [1.807, 2.05) is 0 Å². The Kier molecular flexibility index (Phi) is 3.93. The zero-order valence-electron chi connectivity index (χ0n) is 13.0. The summed E-state index contributed by atoms with van der Waals surface area (Å²) >= 11 is 0. The molecule has 0 saturated carbocycles. The summed E-state index contributed by atoms with van der Waals surface area (Å²) in [5, 5.41) is 9.09. The summed E-state index contributed by atoms with van der Waals surface area (Å²) in [4.78, 5) is 4.68. The number of rotatable bonds is 4.